The van der Waals surface area contributed by atoms with Crippen molar-refractivity contribution < 1.29 is 9.90 Å². The van der Waals surface area contributed by atoms with Gasteiger partial charge in [0.15, 0.2) is 5.16 Å². The second kappa shape index (κ2) is 4.76. The number of aromatic nitrogens is 2. The topological polar surface area (TPSA) is 63.1 Å². The van der Waals surface area contributed by atoms with Gasteiger partial charge < -0.3 is 5.11 Å². The van der Waals surface area contributed by atoms with Crippen LogP contribution in [0.3, 0.4) is 0 Å². The molecular formula is C9H10N2O2S. The third-order valence-electron chi connectivity index (χ3n) is 1.45. The van der Waals surface area contributed by atoms with Crippen molar-refractivity contribution in [3.05, 3.63) is 30.1 Å². The summed E-state index contributed by atoms with van der Waals surface area (Å²) in [5, 5.41) is 9.14. The van der Waals surface area contributed by atoms with Crippen molar-refractivity contribution in [3.8, 4) is 0 Å². The summed E-state index contributed by atoms with van der Waals surface area (Å²) in [6.07, 6.45) is 1.65. The maximum Gasteiger partial charge on any atom is 0.331 e. The molecule has 5 heteroatoms. The van der Waals surface area contributed by atoms with Crippen LogP contribution in [0.4, 0.5) is 0 Å². The number of aryl methyl sites for hydroxylation is 1. The van der Waals surface area contributed by atoms with E-state index in [0.29, 0.717) is 10.9 Å². The van der Waals surface area contributed by atoms with E-state index < -0.39 is 5.97 Å². The van der Waals surface area contributed by atoms with Gasteiger partial charge in [-0.05, 0) is 13.0 Å². The zero-order valence-electron chi connectivity index (χ0n) is 7.73. The average molecular weight is 210 g/mol. The molecule has 14 heavy (non-hydrogen) atoms. The number of thioether (sulfide) groups is 1. The first-order valence-corrected chi connectivity index (χ1v) is 4.91. The molecule has 0 saturated carbocycles. The van der Waals surface area contributed by atoms with E-state index in [-0.39, 0.29) is 5.57 Å². The summed E-state index contributed by atoms with van der Waals surface area (Å²) in [5.41, 5.74) is 1.02. The Balaban J connectivity index is 2.54. The first kappa shape index (κ1) is 10.7. The highest BCUT2D eigenvalue weighted by molar-refractivity contribution is 7.99. The number of rotatable bonds is 4. The van der Waals surface area contributed by atoms with Crippen molar-refractivity contribution in [2.75, 3.05) is 5.75 Å². The Labute approximate surface area is 86.1 Å². The normalized spacial score (nSPS) is 9.79. The molecule has 1 aromatic rings. The molecule has 0 amide bonds. The second-order valence-corrected chi connectivity index (χ2v) is 3.62. The van der Waals surface area contributed by atoms with Crippen molar-refractivity contribution in [1.82, 2.24) is 9.97 Å². The lowest BCUT2D eigenvalue weighted by Gasteiger charge is -2.00. The first-order chi connectivity index (χ1) is 6.59. The molecule has 0 saturated heterocycles. The maximum atomic E-state index is 10.4. The van der Waals surface area contributed by atoms with E-state index in [1.807, 2.05) is 6.92 Å². The van der Waals surface area contributed by atoms with E-state index >= 15 is 0 Å². The van der Waals surface area contributed by atoms with E-state index in [9.17, 15) is 4.79 Å². The summed E-state index contributed by atoms with van der Waals surface area (Å²) >= 11 is 1.27. The minimum atomic E-state index is -0.981. The Kier molecular flexibility index (Phi) is 3.64. The largest absolute Gasteiger partial charge is 0.478 e. The number of hydrogen-bond acceptors (Lipinski definition) is 4. The fraction of sp³-hybridized carbons (Fsp3) is 0.222. The van der Waals surface area contributed by atoms with Gasteiger partial charge in [0.2, 0.25) is 0 Å². The highest BCUT2D eigenvalue weighted by Gasteiger charge is 2.05. The van der Waals surface area contributed by atoms with Gasteiger partial charge in [0.05, 0.1) is 0 Å². The van der Waals surface area contributed by atoms with Gasteiger partial charge in [0.1, 0.15) is 0 Å². The van der Waals surface area contributed by atoms with Gasteiger partial charge in [0.25, 0.3) is 0 Å². The van der Waals surface area contributed by atoms with Gasteiger partial charge in [-0.3, -0.25) is 0 Å². The van der Waals surface area contributed by atoms with Crippen LogP contribution in [0.5, 0.6) is 0 Å². The van der Waals surface area contributed by atoms with Crippen molar-refractivity contribution in [2.45, 2.75) is 12.1 Å². The van der Waals surface area contributed by atoms with Gasteiger partial charge in [-0.15, -0.1) is 0 Å². The molecule has 1 aromatic heterocycles. The molecule has 0 aliphatic rings. The highest BCUT2D eigenvalue weighted by atomic mass is 32.2. The van der Waals surface area contributed by atoms with Crippen LogP contribution in [0, 0.1) is 6.92 Å². The number of hydrogen-bond donors (Lipinski definition) is 1. The number of aliphatic carboxylic acids is 1. The van der Waals surface area contributed by atoms with E-state index in [0.717, 1.165) is 5.69 Å². The molecule has 1 heterocycles. The van der Waals surface area contributed by atoms with Gasteiger partial charge in [-0.2, -0.15) is 0 Å². The lowest BCUT2D eigenvalue weighted by Crippen LogP contribution is -2.01. The second-order valence-electron chi connectivity index (χ2n) is 2.68. The summed E-state index contributed by atoms with van der Waals surface area (Å²) in [4.78, 5) is 18.5. The standard InChI is InChI=1S/C9H10N2O2S/c1-6(8(12)13)5-14-9-10-4-3-7(2)11-9/h3-4H,1,5H2,2H3,(H,12,13). The van der Waals surface area contributed by atoms with E-state index in [2.05, 4.69) is 16.5 Å². The Hall–Kier alpha value is -1.36. The molecular weight excluding hydrogens is 200 g/mol. The fourth-order valence-corrected chi connectivity index (χ4v) is 1.48. The van der Waals surface area contributed by atoms with Crippen LogP contribution in [-0.2, 0) is 4.79 Å². The Morgan fingerprint density at radius 1 is 1.71 bits per heavy atom. The van der Waals surface area contributed by atoms with E-state index in [1.54, 1.807) is 12.3 Å². The summed E-state index contributed by atoms with van der Waals surface area (Å²) in [6.45, 7) is 5.27. The number of nitrogens with zero attached hydrogens (tertiary/aromatic N) is 2. The fourth-order valence-electron chi connectivity index (χ4n) is 0.709. The zero-order valence-corrected chi connectivity index (χ0v) is 8.54. The summed E-state index contributed by atoms with van der Waals surface area (Å²) in [6, 6.07) is 1.79. The monoisotopic (exact) mass is 210 g/mol. The van der Waals surface area contributed by atoms with Crippen molar-refractivity contribution in [2.24, 2.45) is 0 Å². The van der Waals surface area contributed by atoms with Crippen LogP contribution in [0.1, 0.15) is 5.69 Å². The molecule has 0 unspecified atom stereocenters. The van der Waals surface area contributed by atoms with Gasteiger partial charge in [-0.1, -0.05) is 18.3 Å². The van der Waals surface area contributed by atoms with Crippen LogP contribution in [0.15, 0.2) is 29.6 Å². The lowest BCUT2D eigenvalue weighted by molar-refractivity contribution is -0.132. The molecule has 1 rings (SSSR count). The maximum absolute atomic E-state index is 10.4. The molecule has 0 bridgehead atoms. The van der Waals surface area contributed by atoms with Gasteiger partial charge >= 0.3 is 5.97 Å². The molecule has 0 aliphatic carbocycles. The molecule has 1 N–H and O–H groups in total. The molecule has 0 spiro atoms. The minimum Gasteiger partial charge on any atom is -0.478 e. The molecule has 0 aliphatic heterocycles. The summed E-state index contributed by atoms with van der Waals surface area (Å²) < 4.78 is 0. The molecule has 0 fully saturated rings. The zero-order chi connectivity index (χ0) is 10.6. The average Bonchev–Trinajstić information content (AvgIpc) is 2.14. The van der Waals surface area contributed by atoms with Crippen molar-refractivity contribution in [3.63, 3.8) is 0 Å². The number of carbonyl (C=O) groups is 1. The molecule has 4 nitrogen and oxygen atoms in total. The van der Waals surface area contributed by atoms with Gasteiger partial charge in [0, 0.05) is 23.2 Å². The van der Waals surface area contributed by atoms with Crippen LogP contribution in [0.2, 0.25) is 0 Å². The molecule has 0 atom stereocenters. The predicted octanol–water partition coefficient (Wildman–Crippen LogP) is 1.52. The number of carboxylic acid groups (broad SMARTS) is 1. The van der Waals surface area contributed by atoms with E-state index in [4.69, 9.17) is 5.11 Å². The Bertz CT molecular complexity index is 366. The predicted molar refractivity (Wildman–Crippen MR) is 54.3 cm³/mol. The highest BCUT2D eigenvalue weighted by Crippen LogP contribution is 2.15. The van der Waals surface area contributed by atoms with Crippen molar-refractivity contribution in [1.29, 1.82) is 0 Å². The number of carboxylic acids is 1. The SMILES string of the molecule is C=C(CSc1nccc(C)n1)C(=O)O. The third-order valence-corrected chi connectivity index (χ3v) is 2.40. The van der Waals surface area contributed by atoms with Crippen molar-refractivity contribution >= 4 is 17.7 Å². The van der Waals surface area contributed by atoms with Crippen LogP contribution < -0.4 is 0 Å². The quantitative estimate of drug-likeness (QED) is 0.463. The smallest absolute Gasteiger partial charge is 0.331 e. The molecule has 0 radical (unpaired) electrons. The van der Waals surface area contributed by atoms with Crippen LogP contribution in [0.25, 0.3) is 0 Å². The van der Waals surface area contributed by atoms with Crippen LogP contribution >= 0.6 is 11.8 Å². The minimum absolute atomic E-state index is 0.153. The summed E-state index contributed by atoms with van der Waals surface area (Å²) in [7, 11) is 0. The van der Waals surface area contributed by atoms with E-state index in [1.165, 1.54) is 11.8 Å². The Morgan fingerprint density at radius 3 is 3.00 bits per heavy atom. The lowest BCUT2D eigenvalue weighted by atomic mass is 10.4. The first-order valence-electron chi connectivity index (χ1n) is 3.93. The molecule has 0 aromatic carbocycles. The van der Waals surface area contributed by atoms with Crippen LogP contribution in [-0.4, -0.2) is 26.8 Å². The summed E-state index contributed by atoms with van der Waals surface area (Å²) in [5.74, 6) is -0.677. The van der Waals surface area contributed by atoms with Gasteiger partial charge in [-0.25, -0.2) is 14.8 Å². The third kappa shape index (κ3) is 3.18. The Morgan fingerprint density at radius 2 is 2.43 bits per heavy atom. The molecule has 74 valence electrons.